The Morgan fingerprint density at radius 3 is 1.21 bits per heavy atom. The van der Waals surface area contributed by atoms with Crippen molar-refractivity contribution in [2.75, 3.05) is 18.1 Å². The van der Waals surface area contributed by atoms with E-state index in [0.717, 1.165) is 27.4 Å². The van der Waals surface area contributed by atoms with E-state index < -0.39 is 114 Å². The Morgan fingerprint density at radius 1 is 0.424 bits per heavy atom. The number of para-hydroxylation sites is 2. The maximum atomic E-state index is 15.4. The van der Waals surface area contributed by atoms with Gasteiger partial charge < -0.3 is 74.8 Å². The Kier molecular flexibility index (Phi) is 27.2. The number of primary amides is 1. The Hall–Kier alpha value is -9.01. The number of aliphatic hydroxyl groups excluding tert-OH is 1. The lowest BCUT2D eigenvalue weighted by molar-refractivity contribution is -0.137. The molecule has 2 heterocycles. The van der Waals surface area contributed by atoms with Crippen LogP contribution < -0.4 is 59.7 Å². The van der Waals surface area contributed by atoms with Crippen LogP contribution in [0.25, 0.3) is 21.8 Å². The molecular weight excluding hydrogens is 1210 g/mol. The van der Waals surface area contributed by atoms with E-state index in [4.69, 9.17) is 17.2 Å². The first kappa shape index (κ1) is 70.4. The molecule has 0 aliphatic heterocycles. The Balaban J connectivity index is 1.18. The summed E-state index contributed by atoms with van der Waals surface area (Å²) in [5, 5.41) is 34.6. The molecule has 0 saturated heterocycles. The lowest BCUT2D eigenvalue weighted by Gasteiger charge is -2.29. The molecule has 488 valence electrons. The van der Waals surface area contributed by atoms with Crippen molar-refractivity contribution < 1.29 is 48.3 Å². The summed E-state index contributed by atoms with van der Waals surface area (Å²) < 4.78 is 0. The van der Waals surface area contributed by atoms with Crippen molar-refractivity contribution in [2.45, 2.75) is 132 Å². The van der Waals surface area contributed by atoms with Crippen molar-refractivity contribution in [3.05, 3.63) is 180 Å². The standard InChI is InChI=1S/C67H83N13O10S2/c1-40(81)58(67(90)79-55(35-43-21-9-4-10-22-43)63(86)73-51(28-31-91)59(70)82)80-62(85)52(27-15-16-30-68)75-65(88)56(36-44-38-71-49-25-13-11-23-46(44)49)78-66(89)57(37-45-39-72-50-26-14-12-24-47(45)50)77-64(87)54(34-42-19-7-3-8-20-42)76-61(84)53(29-32-92)74-60(83)48(69)33-41-17-5-2-6-18-41/h2-14,17-26,38-40,48,51-58,71-72,81,91-92H,15-16,27-37,68-69H2,1H3,(H2,70,82)(H,73,86)(H,74,83)(H,75,88)(H,76,84)(H,77,87)(H,78,89)(H,79,90)(H,80,85)/t40-,48-,51+,52+,53+,54+,55+,56-,57+,58+/m1/s1. The fourth-order valence-corrected chi connectivity index (χ4v) is 11.2. The minimum Gasteiger partial charge on any atom is -0.391 e. The van der Waals surface area contributed by atoms with Crippen LogP contribution in [-0.2, 0) is 75.3 Å². The van der Waals surface area contributed by atoms with E-state index in [1.807, 2.05) is 78.9 Å². The number of aliphatic hydroxyl groups is 1. The molecule has 7 rings (SSSR count). The summed E-state index contributed by atoms with van der Waals surface area (Å²) in [5.74, 6) is -6.81. The molecule has 2 aromatic heterocycles. The van der Waals surface area contributed by atoms with Crippen molar-refractivity contribution in [3.63, 3.8) is 0 Å². The van der Waals surface area contributed by atoms with Gasteiger partial charge in [0.2, 0.25) is 53.2 Å². The van der Waals surface area contributed by atoms with E-state index in [2.05, 4.69) is 77.8 Å². The average Bonchev–Trinajstić information content (AvgIpc) is 1.66. The number of fused-ring (bicyclic) bond motifs is 2. The maximum Gasteiger partial charge on any atom is 0.245 e. The molecule has 0 saturated carbocycles. The van der Waals surface area contributed by atoms with Gasteiger partial charge in [-0.05, 0) is 103 Å². The van der Waals surface area contributed by atoms with E-state index in [1.54, 1.807) is 73.1 Å². The minimum absolute atomic E-state index is 0.0256. The maximum absolute atomic E-state index is 15.4. The molecule has 0 unspecified atom stereocenters. The van der Waals surface area contributed by atoms with Gasteiger partial charge in [-0.15, -0.1) is 0 Å². The van der Waals surface area contributed by atoms with E-state index in [-0.39, 0.29) is 69.4 Å². The molecule has 0 aliphatic carbocycles. The number of nitrogens with two attached hydrogens (primary N) is 3. The number of aromatic nitrogens is 2. The van der Waals surface area contributed by atoms with Crippen molar-refractivity contribution in [2.24, 2.45) is 17.2 Å². The molecule has 17 N–H and O–H groups in total. The van der Waals surface area contributed by atoms with Gasteiger partial charge in [-0.2, -0.15) is 25.3 Å². The number of carbonyl (C=O) groups is 9. The van der Waals surface area contributed by atoms with E-state index in [1.165, 1.54) is 6.92 Å². The predicted octanol–water partition coefficient (Wildman–Crippen LogP) is 2.00. The molecule has 5 aromatic carbocycles. The van der Waals surface area contributed by atoms with Crippen molar-refractivity contribution in [1.29, 1.82) is 0 Å². The smallest absolute Gasteiger partial charge is 0.245 e. The van der Waals surface area contributed by atoms with Crippen LogP contribution in [-0.4, -0.2) is 147 Å². The number of thiol groups is 2. The molecule has 25 heteroatoms. The van der Waals surface area contributed by atoms with Crippen LogP contribution in [0.15, 0.2) is 152 Å². The van der Waals surface area contributed by atoms with Crippen molar-refractivity contribution >= 4 is 100 Å². The zero-order valence-electron chi connectivity index (χ0n) is 51.1. The van der Waals surface area contributed by atoms with Crippen LogP contribution in [0.1, 0.15) is 66.8 Å². The first-order valence-electron chi connectivity index (χ1n) is 30.7. The lowest BCUT2D eigenvalue weighted by Crippen LogP contribution is -2.62. The number of hydrogen-bond donors (Lipinski definition) is 16. The Bertz CT molecular complexity index is 3590. The molecular formula is C67H83N13O10S2. The minimum atomic E-state index is -1.70. The quantitative estimate of drug-likeness (QED) is 0.0198. The number of H-pyrrole nitrogens is 2. The van der Waals surface area contributed by atoms with Gasteiger partial charge in [0.05, 0.1) is 12.1 Å². The third-order valence-electron chi connectivity index (χ3n) is 15.7. The summed E-state index contributed by atoms with van der Waals surface area (Å²) >= 11 is 8.55. The monoisotopic (exact) mass is 1290 g/mol. The van der Waals surface area contributed by atoms with E-state index >= 15 is 14.4 Å². The second-order valence-electron chi connectivity index (χ2n) is 22.7. The summed E-state index contributed by atoms with van der Waals surface area (Å²) in [6, 6.07) is 29.4. The van der Waals surface area contributed by atoms with Gasteiger partial charge in [0.1, 0.15) is 48.3 Å². The number of nitrogens with one attached hydrogen (secondary N) is 10. The number of hydrogen-bond acceptors (Lipinski definition) is 14. The van der Waals surface area contributed by atoms with Gasteiger partial charge in [0, 0.05) is 59.9 Å². The van der Waals surface area contributed by atoms with Crippen LogP contribution in [0, 0.1) is 0 Å². The second kappa shape index (κ2) is 35.6. The zero-order valence-corrected chi connectivity index (χ0v) is 52.9. The summed E-state index contributed by atoms with van der Waals surface area (Å²) in [6.07, 6.45) is 2.50. The molecule has 7 aromatic rings. The van der Waals surface area contributed by atoms with Crippen molar-refractivity contribution in [3.8, 4) is 0 Å². The van der Waals surface area contributed by atoms with Crippen LogP contribution >= 0.6 is 25.3 Å². The highest BCUT2D eigenvalue weighted by Gasteiger charge is 2.37. The first-order valence-corrected chi connectivity index (χ1v) is 31.9. The molecule has 0 spiro atoms. The highest BCUT2D eigenvalue weighted by molar-refractivity contribution is 7.80. The third-order valence-corrected chi connectivity index (χ3v) is 16.2. The zero-order chi connectivity index (χ0) is 66.1. The fraction of sp³-hybridized carbons (Fsp3) is 0.358. The highest BCUT2D eigenvalue weighted by Crippen LogP contribution is 2.22. The number of amides is 9. The number of rotatable bonds is 36. The first-order chi connectivity index (χ1) is 44.3. The topological polar surface area (TPSA) is 380 Å². The van der Waals surface area contributed by atoms with Gasteiger partial charge >= 0.3 is 0 Å². The lowest BCUT2D eigenvalue weighted by atomic mass is 9.99. The number of aromatic amines is 2. The SMILES string of the molecule is C[C@@H](O)[C@H](NC(=O)[C@H](CCCCN)NC(=O)[C@@H](Cc1c[nH]c2ccccc12)NC(=O)[C@H](Cc1c[nH]c2ccccc12)NC(=O)[C@H](Cc1ccccc1)NC(=O)[C@H](CCS)NC(=O)[C@H](N)Cc1ccccc1)C(=O)N[C@@H](Cc1ccccc1)C(=O)N[C@@H](CCS)C(N)=O. The van der Waals surface area contributed by atoms with Gasteiger partial charge in [0.15, 0.2) is 0 Å². The Morgan fingerprint density at radius 2 is 0.772 bits per heavy atom. The predicted molar refractivity (Wildman–Crippen MR) is 359 cm³/mol. The van der Waals surface area contributed by atoms with Gasteiger partial charge in [-0.1, -0.05) is 127 Å². The van der Waals surface area contributed by atoms with E-state index in [9.17, 15) is 33.9 Å². The second-order valence-corrected chi connectivity index (χ2v) is 23.6. The molecule has 0 radical (unpaired) electrons. The molecule has 92 heavy (non-hydrogen) atoms. The summed E-state index contributed by atoms with van der Waals surface area (Å²) in [4.78, 5) is 135. The molecule has 23 nitrogen and oxygen atoms in total. The largest absolute Gasteiger partial charge is 0.391 e. The molecule has 9 amide bonds. The number of benzene rings is 5. The third kappa shape index (κ3) is 20.8. The molecule has 0 fully saturated rings. The summed E-state index contributed by atoms with van der Waals surface area (Å²) in [7, 11) is 0. The van der Waals surface area contributed by atoms with Crippen LogP contribution in [0.4, 0.5) is 0 Å². The summed E-state index contributed by atoms with van der Waals surface area (Å²) in [6.45, 7) is 1.49. The average molecular weight is 1290 g/mol. The molecule has 0 aliphatic rings. The van der Waals surface area contributed by atoms with E-state index in [0.29, 0.717) is 35.1 Å². The normalized spacial score (nSPS) is 14.5. The van der Waals surface area contributed by atoms with Gasteiger partial charge in [-0.3, -0.25) is 43.2 Å². The Labute approximate surface area is 544 Å². The fourth-order valence-electron chi connectivity index (χ4n) is 10.7. The summed E-state index contributed by atoms with van der Waals surface area (Å²) in [5.41, 5.74) is 22.6. The van der Waals surface area contributed by atoms with Gasteiger partial charge in [-0.25, -0.2) is 0 Å². The highest BCUT2D eigenvalue weighted by atomic mass is 32.1. The van der Waals surface area contributed by atoms with Crippen LogP contribution in [0.2, 0.25) is 0 Å². The van der Waals surface area contributed by atoms with Crippen LogP contribution in [0.5, 0.6) is 0 Å². The van der Waals surface area contributed by atoms with Crippen LogP contribution in [0.3, 0.4) is 0 Å². The van der Waals surface area contributed by atoms with Gasteiger partial charge in [0.25, 0.3) is 0 Å². The number of unbranched alkanes of at least 4 members (excludes halogenated alkanes) is 1. The molecule has 10 atom stereocenters. The van der Waals surface area contributed by atoms with Crippen molar-refractivity contribution in [1.82, 2.24) is 52.5 Å². The number of carbonyl (C=O) groups excluding carboxylic acids is 9. The molecule has 0 bridgehead atoms.